The first-order valence-electron chi connectivity index (χ1n) is 13.6. The standard InChI is InChI=1S/C27H36F3N7O5/c1-6-42-25(40)37-21-19(16-31-26(21,2)3)22(33-37)32-23(38)18-8-7-17(35-11-9-34(4)10-12-35)15-20(18)36(13-14-41-5)24(39)27(28,29)30/h7-8,15,31H,6,9-14,16H2,1-5H3,(H,32,33,38). The molecule has 3 heterocycles. The molecule has 0 atom stereocenters. The van der Waals surface area contributed by atoms with Gasteiger partial charge < -0.3 is 34.8 Å². The molecule has 2 N–H and O–H groups in total. The number of ether oxygens (including phenoxy) is 2. The minimum Gasteiger partial charge on any atom is -0.448 e. The number of halogens is 3. The third-order valence-corrected chi connectivity index (χ3v) is 7.35. The topological polar surface area (TPSA) is 121 Å². The van der Waals surface area contributed by atoms with Gasteiger partial charge in [0.2, 0.25) is 0 Å². The lowest BCUT2D eigenvalue weighted by atomic mass is 10.0. The molecule has 4 rings (SSSR count). The molecule has 42 heavy (non-hydrogen) atoms. The molecule has 0 radical (unpaired) electrons. The molecule has 0 aliphatic carbocycles. The molecular weight excluding hydrogens is 559 g/mol. The van der Waals surface area contributed by atoms with Gasteiger partial charge in [0, 0.05) is 57.6 Å². The number of amides is 2. The largest absolute Gasteiger partial charge is 0.471 e. The summed E-state index contributed by atoms with van der Waals surface area (Å²) in [5.74, 6) is -2.86. The summed E-state index contributed by atoms with van der Waals surface area (Å²) in [6.45, 7) is 7.80. The maximum absolute atomic E-state index is 13.7. The van der Waals surface area contributed by atoms with E-state index < -0.39 is 36.2 Å². The number of methoxy groups -OCH3 is 1. The van der Waals surface area contributed by atoms with Gasteiger partial charge >= 0.3 is 18.2 Å². The first-order chi connectivity index (χ1) is 19.8. The van der Waals surface area contributed by atoms with E-state index in [-0.39, 0.29) is 36.8 Å². The SMILES string of the molecule is CCOC(=O)n1nc(NC(=O)c2ccc(N3CCN(C)CC3)cc2N(CCOC)C(=O)C(F)(F)F)c2c1C(C)(C)NC2. The van der Waals surface area contributed by atoms with Crippen LogP contribution in [-0.2, 0) is 26.4 Å². The van der Waals surface area contributed by atoms with Gasteiger partial charge in [-0.15, -0.1) is 5.10 Å². The van der Waals surface area contributed by atoms with Gasteiger partial charge in [0.15, 0.2) is 5.82 Å². The Hall–Kier alpha value is -3.69. The Bertz CT molecular complexity index is 1340. The van der Waals surface area contributed by atoms with Crippen molar-refractivity contribution >= 4 is 35.1 Å². The molecule has 2 amide bonds. The lowest BCUT2D eigenvalue weighted by Crippen LogP contribution is -2.45. The van der Waals surface area contributed by atoms with Crippen molar-refractivity contribution in [1.29, 1.82) is 0 Å². The minimum atomic E-state index is -5.19. The summed E-state index contributed by atoms with van der Waals surface area (Å²) in [5, 5.41) is 10.2. The molecule has 2 aliphatic heterocycles. The number of nitrogens with one attached hydrogen (secondary N) is 2. The molecule has 1 saturated heterocycles. The fraction of sp³-hybridized carbons (Fsp3) is 0.556. The molecule has 15 heteroatoms. The molecule has 0 spiro atoms. The number of anilines is 3. The monoisotopic (exact) mass is 595 g/mol. The van der Waals surface area contributed by atoms with Gasteiger partial charge in [0.1, 0.15) is 0 Å². The highest BCUT2D eigenvalue weighted by Crippen LogP contribution is 2.36. The highest BCUT2D eigenvalue weighted by molar-refractivity contribution is 6.11. The van der Waals surface area contributed by atoms with Crippen LogP contribution in [0, 0.1) is 0 Å². The average molecular weight is 596 g/mol. The Labute approximate surface area is 241 Å². The van der Waals surface area contributed by atoms with E-state index in [1.807, 2.05) is 25.8 Å². The number of alkyl halides is 3. The predicted molar refractivity (Wildman–Crippen MR) is 149 cm³/mol. The molecular formula is C27H36F3N7O5. The molecule has 1 aromatic heterocycles. The molecule has 1 aromatic carbocycles. The van der Waals surface area contributed by atoms with Crippen molar-refractivity contribution < 1.29 is 37.0 Å². The molecule has 12 nitrogen and oxygen atoms in total. The van der Waals surface area contributed by atoms with Crippen LogP contribution in [0.25, 0.3) is 0 Å². The van der Waals surface area contributed by atoms with Crippen LogP contribution >= 0.6 is 0 Å². The van der Waals surface area contributed by atoms with Crippen LogP contribution in [0.5, 0.6) is 0 Å². The number of likely N-dealkylation sites (N-methyl/N-ethyl adjacent to an activating group) is 1. The maximum atomic E-state index is 13.7. The van der Waals surface area contributed by atoms with Crippen LogP contribution in [0.1, 0.15) is 42.4 Å². The van der Waals surface area contributed by atoms with Crippen molar-refractivity contribution in [2.45, 2.75) is 39.0 Å². The van der Waals surface area contributed by atoms with E-state index in [9.17, 15) is 27.6 Å². The van der Waals surface area contributed by atoms with Crippen molar-refractivity contribution in [2.24, 2.45) is 0 Å². The zero-order valence-corrected chi connectivity index (χ0v) is 24.3. The summed E-state index contributed by atoms with van der Waals surface area (Å²) in [5.41, 5.74) is 0.541. The van der Waals surface area contributed by atoms with Crippen molar-refractivity contribution in [1.82, 2.24) is 20.0 Å². The van der Waals surface area contributed by atoms with Crippen molar-refractivity contribution in [3.63, 3.8) is 0 Å². The molecule has 230 valence electrons. The van der Waals surface area contributed by atoms with E-state index in [1.54, 1.807) is 13.0 Å². The lowest BCUT2D eigenvalue weighted by molar-refractivity contribution is -0.170. The Kier molecular flexibility index (Phi) is 9.13. The Balaban J connectivity index is 1.77. The Morgan fingerprint density at radius 2 is 1.86 bits per heavy atom. The number of benzene rings is 1. The summed E-state index contributed by atoms with van der Waals surface area (Å²) >= 11 is 0. The number of fused-ring (bicyclic) bond motifs is 1. The van der Waals surface area contributed by atoms with Gasteiger partial charge in [-0.2, -0.15) is 17.9 Å². The summed E-state index contributed by atoms with van der Waals surface area (Å²) < 4.78 is 52.4. The smallest absolute Gasteiger partial charge is 0.448 e. The Morgan fingerprint density at radius 1 is 1.17 bits per heavy atom. The molecule has 1 fully saturated rings. The zero-order valence-electron chi connectivity index (χ0n) is 24.3. The first kappa shape index (κ1) is 31.3. The van der Waals surface area contributed by atoms with E-state index in [2.05, 4.69) is 20.6 Å². The molecule has 0 bridgehead atoms. The van der Waals surface area contributed by atoms with Gasteiger partial charge in [0.05, 0.1) is 35.7 Å². The van der Waals surface area contributed by atoms with E-state index in [1.165, 1.54) is 19.2 Å². The van der Waals surface area contributed by atoms with E-state index >= 15 is 0 Å². The number of hydrogen-bond donors (Lipinski definition) is 2. The van der Waals surface area contributed by atoms with E-state index in [4.69, 9.17) is 9.47 Å². The molecule has 0 saturated carbocycles. The van der Waals surface area contributed by atoms with Crippen LogP contribution in [0.4, 0.5) is 35.2 Å². The van der Waals surface area contributed by atoms with E-state index in [0.717, 1.165) is 17.8 Å². The number of piperazine rings is 1. The fourth-order valence-electron chi connectivity index (χ4n) is 5.11. The third kappa shape index (κ3) is 6.37. The third-order valence-electron chi connectivity index (χ3n) is 7.35. The lowest BCUT2D eigenvalue weighted by Gasteiger charge is -2.35. The summed E-state index contributed by atoms with van der Waals surface area (Å²) in [6, 6.07) is 4.46. The quantitative estimate of drug-likeness (QED) is 0.475. The predicted octanol–water partition coefficient (Wildman–Crippen LogP) is 2.77. The van der Waals surface area contributed by atoms with Gasteiger partial charge in [-0.1, -0.05) is 0 Å². The van der Waals surface area contributed by atoms with Gasteiger partial charge in [-0.05, 0) is 46.0 Å². The highest BCUT2D eigenvalue weighted by Gasteiger charge is 2.44. The molecule has 2 aliphatic rings. The van der Waals surface area contributed by atoms with Crippen LogP contribution < -0.4 is 20.4 Å². The number of aromatic nitrogens is 2. The first-order valence-corrected chi connectivity index (χ1v) is 13.6. The molecule has 0 unspecified atom stereocenters. The van der Waals surface area contributed by atoms with Crippen LogP contribution in [0.2, 0.25) is 0 Å². The van der Waals surface area contributed by atoms with Gasteiger partial charge in [-0.3, -0.25) is 9.59 Å². The number of nitrogens with zero attached hydrogens (tertiary/aromatic N) is 5. The van der Waals surface area contributed by atoms with Gasteiger partial charge in [-0.25, -0.2) is 4.79 Å². The fourth-order valence-corrected chi connectivity index (χ4v) is 5.11. The number of rotatable bonds is 8. The van der Waals surface area contributed by atoms with Crippen LogP contribution in [-0.4, -0.2) is 98.9 Å². The van der Waals surface area contributed by atoms with Crippen molar-refractivity contribution in [3.05, 3.63) is 35.0 Å². The number of carbonyl (C=O) groups is 3. The second-order valence-corrected chi connectivity index (χ2v) is 10.7. The second-order valence-electron chi connectivity index (χ2n) is 10.7. The normalized spacial score (nSPS) is 16.7. The zero-order chi connectivity index (χ0) is 30.8. The second kappa shape index (κ2) is 12.3. The molecule has 2 aromatic rings. The summed E-state index contributed by atoms with van der Waals surface area (Å²) in [6.07, 6.45) is -5.92. The minimum absolute atomic E-state index is 0.0563. The summed E-state index contributed by atoms with van der Waals surface area (Å²) in [7, 11) is 3.28. The van der Waals surface area contributed by atoms with E-state index in [0.29, 0.717) is 34.9 Å². The number of hydrogen-bond acceptors (Lipinski definition) is 9. The maximum Gasteiger partial charge on any atom is 0.471 e. The highest BCUT2D eigenvalue weighted by atomic mass is 19.4. The van der Waals surface area contributed by atoms with Crippen molar-refractivity contribution in [3.8, 4) is 0 Å². The van der Waals surface area contributed by atoms with Crippen LogP contribution in [0.15, 0.2) is 18.2 Å². The van der Waals surface area contributed by atoms with Gasteiger partial charge in [0.25, 0.3) is 5.91 Å². The van der Waals surface area contributed by atoms with Crippen molar-refractivity contribution in [2.75, 3.05) is 75.2 Å². The van der Waals surface area contributed by atoms with Crippen LogP contribution in [0.3, 0.4) is 0 Å². The Morgan fingerprint density at radius 3 is 2.48 bits per heavy atom. The average Bonchev–Trinajstić information content (AvgIpc) is 3.46. The summed E-state index contributed by atoms with van der Waals surface area (Å²) in [4.78, 5) is 43.6. The number of carbonyl (C=O) groups excluding carboxylic acids is 3.